The molecule has 0 atom stereocenters. The molecule has 1 aliphatic carbocycles. The molecule has 206 valence electrons. The summed E-state index contributed by atoms with van der Waals surface area (Å²) < 4.78 is 179. The standard InChI is InChI=1S/C43H28O/c1-2-10-29(11-3-1)30-18-20-31(21-19-30)32-22-24-33(25-23-32)34-26-27-40-42(28-34)44-41-17-9-8-16-39(41)43(40)37-14-6-4-12-35(37)36-13-5-7-15-38(36)43/h1-28H/i4D,5D,6D,7D,8D,9D,12D,13D,14D,15D,16D,17D,22D,23D,24D,25D,26D,27D,28D. The van der Waals surface area contributed by atoms with Crippen LogP contribution >= 0.6 is 0 Å². The summed E-state index contributed by atoms with van der Waals surface area (Å²) in [7, 11) is 0. The largest absolute Gasteiger partial charge is 0.457 e. The Hall–Kier alpha value is -5.66. The van der Waals surface area contributed by atoms with E-state index in [0.717, 1.165) is 11.1 Å². The molecule has 0 unspecified atom stereocenters. The fraction of sp³-hybridized carbons (Fsp3) is 0.0233. The Morgan fingerprint density at radius 2 is 0.864 bits per heavy atom. The van der Waals surface area contributed by atoms with Gasteiger partial charge in [0.05, 0.1) is 31.5 Å². The van der Waals surface area contributed by atoms with Gasteiger partial charge in [-0.05, 0) is 67.7 Å². The van der Waals surface area contributed by atoms with Crippen molar-refractivity contribution in [3.05, 3.63) is 192 Å². The molecular weight excluding hydrogens is 532 g/mol. The Labute approximate surface area is 284 Å². The number of fused-ring (bicyclic) bond motifs is 9. The van der Waals surface area contributed by atoms with Crippen molar-refractivity contribution in [2.45, 2.75) is 5.41 Å². The van der Waals surface area contributed by atoms with Crippen molar-refractivity contribution in [3.63, 3.8) is 0 Å². The molecule has 7 aromatic carbocycles. The van der Waals surface area contributed by atoms with Crippen LogP contribution in [0.15, 0.2) is 169 Å². The monoisotopic (exact) mass is 579 g/mol. The van der Waals surface area contributed by atoms with E-state index in [1.165, 1.54) is 0 Å². The quantitative estimate of drug-likeness (QED) is 0.202. The zero-order valence-electron chi connectivity index (χ0n) is 41.6. The van der Waals surface area contributed by atoms with Gasteiger partial charge in [-0.2, -0.15) is 0 Å². The van der Waals surface area contributed by atoms with Gasteiger partial charge < -0.3 is 4.74 Å². The van der Waals surface area contributed by atoms with Crippen LogP contribution in [0, 0.1) is 0 Å². The zero-order valence-corrected chi connectivity index (χ0v) is 22.6. The van der Waals surface area contributed by atoms with Crippen LogP contribution in [0.3, 0.4) is 0 Å². The zero-order chi connectivity index (χ0) is 45.6. The maximum absolute atomic E-state index is 9.71. The van der Waals surface area contributed by atoms with Crippen molar-refractivity contribution in [2.24, 2.45) is 0 Å². The van der Waals surface area contributed by atoms with Gasteiger partial charge in [0.1, 0.15) is 11.5 Å². The Morgan fingerprint density at radius 3 is 1.52 bits per heavy atom. The van der Waals surface area contributed by atoms with E-state index >= 15 is 0 Å². The van der Waals surface area contributed by atoms with E-state index in [9.17, 15) is 11.0 Å². The first-order valence-corrected chi connectivity index (χ1v) is 13.6. The lowest BCUT2D eigenvalue weighted by Gasteiger charge is -2.39. The van der Waals surface area contributed by atoms with E-state index in [1.54, 1.807) is 24.3 Å². The van der Waals surface area contributed by atoms with E-state index in [2.05, 4.69) is 0 Å². The summed E-state index contributed by atoms with van der Waals surface area (Å²) in [4.78, 5) is 0. The number of hydrogen-bond acceptors (Lipinski definition) is 1. The van der Waals surface area contributed by atoms with Gasteiger partial charge >= 0.3 is 0 Å². The topological polar surface area (TPSA) is 9.23 Å². The Morgan fingerprint density at radius 1 is 0.386 bits per heavy atom. The van der Waals surface area contributed by atoms with Crippen molar-refractivity contribution >= 4 is 0 Å². The minimum Gasteiger partial charge on any atom is -0.457 e. The van der Waals surface area contributed by atoms with Crippen molar-refractivity contribution in [1.29, 1.82) is 0 Å². The predicted octanol–water partition coefficient (Wildman–Crippen LogP) is 11.2. The van der Waals surface area contributed by atoms with Crippen LogP contribution < -0.4 is 4.74 Å². The summed E-state index contributed by atoms with van der Waals surface area (Å²) in [6.07, 6.45) is 0. The Balaban J connectivity index is 1.42. The SMILES string of the molecule is [2H]c1c([2H])c([2H])c2c(c1[2H])Oc1c([2H])c(-c3c([2H])c([2H])c(-c4ccc(-c5ccccc5)cc4)c([2H])c3[2H])c([2H])c([2H])c1C21c2c([2H])c([2H])c([2H])c([2H])c2-c2c([2H])c([2H])c([2H])c([2H])c21. The van der Waals surface area contributed by atoms with Gasteiger partial charge in [-0.1, -0.05) is 157 Å². The van der Waals surface area contributed by atoms with Crippen molar-refractivity contribution in [1.82, 2.24) is 0 Å². The minimum absolute atomic E-state index is 0.0990. The molecule has 0 amide bonds. The lowest BCUT2D eigenvalue weighted by atomic mass is 9.66. The molecular formula is C43H28O. The lowest BCUT2D eigenvalue weighted by Crippen LogP contribution is -2.32. The van der Waals surface area contributed by atoms with Gasteiger partial charge in [-0.25, -0.2) is 0 Å². The van der Waals surface area contributed by atoms with Crippen molar-refractivity contribution in [3.8, 4) is 56.0 Å². The van der Waals surface area contributed by atoms with Gasteiger partial charge in [-0.15, -0.1) is 0 Å². The van der Waals surface area contributed by atoms with E-state index < -0.39 is 176 Å². The highest BCUT2D eigenvalue weighted by Gasteiger charge is 2.50. The summed E-state index contributed by atoms with van der Waals surface area (Å²) in [6, 6.07) is 0.908. The molecule has 1 heteroatoms. The first-order valence-electron chi connectivity index (χ1n) is 23.1. The highest BCUT2D eigenvalue weighted by molar-refractivity contribution is 5.89. The molecule has 0 saturated heterocycles. The van der Waals surface area contributed by atoms with Crippen LogP contribution in [-0.2, 0) is 5.41 Å². The Bertz CT molecular complexity index is 3140. The van der Waals surface area contributed by atoms with Crippen LogP contribution in [0.1, 0.15) is 48.3 Å². The summed E-state index contributed by atoms with van der Waals surface area (Å²) >= 11 is 0. The molecule has 1 spiro atoms. The van der Waals surface area contributed by atoms with E-state index in [4.69, 9.17) is 19.8 Å². The molecule has 1 aliphatic heterocycles. The third kappa shape index (κ3) is 3.60. The summed E-state index contributed by atoms with van der Waals surface area (Å²) in [5, 5.41) is 0. The molecule has 0 bridgehead atoms. The second-order valence-corrected chi connectivity index (χ2v) is 10.2. The third-order valence-electron chi connectivity index (χ3n) is 7.92. The second-order valence-electron chi connectivity index (χ2n) is 10.2. The predicted molar refractivity (Wildman–Crippen MR) is 180 cm³/mol. The minimum atomic E-state index is -2.71. The van der Waals surface area contributed by atoms with Crippen LogP contribution in [0.2, 0.25) is 0 Å². The number of ether oxygens (including phenoxy) is 1. The molecule has 7 aromatic rings. The molecule has 0 saturated carbocycles. The maximum atomic E-state index is 9.71. The van der Waals surface area contributed by atoms with Crippen LogP contribution in [0.4, 0.5) is 0 Å². The number of rotatable bonds is 3. The highest BCUT2D eigenvalue weighted by atomic mass is 16.5. The average molecular weight is 580 g/mol. The first kappa shape index (κ1) is 12.5. The van der Waals surface area contributed by atoms with Gasteiger partial charge in [0, 0.05) is 11.1 Å². The van der Waals surface area contributed by atoms with E-state index in [0.29, 0.717) is 5.56 Å². The smallest absolute Gasteiger partial charge is 0.132 e. The molecule has 2 aliphatic rings. The molecule has 9 rings (SSSR count). The second kappa shape index (κ2) is 9.69. The molecule has 0 aromatic heterocycles. The molecule has 0 radical (unpaired) electrons. The fourth-order valence-corrected chi connectivity index (χ4v) is 5.95. The summed E-state index contributed by atoms with van der Waals surface area (Å²) in [5.74, 6) is -1.47. The molecule has 0 N–H and O–H groups in total. The van der Waals surface area contributed by atoms with Crippen molar-refractivity contribution in [2.75, 3.05) is 0 Å². The third-order valence-corrected chi connectivity index (χ3v) is 7.92. The first-order chi connectivity index (χ1) is 29.7. The van der Waals surface area contributed by atoms with E-state index in [1.807, 2.05) is 30.3 Å². The Kier molecular flexibility index (Phi) is 2.76. The molecule has 0 fully saturated rings. The average Bonchev–Trinajstić information content (AvgIpc) is 3.58. The van der Waals surface area contributed by atoms with Crippen LogP contribution in [0.5, 0.6) is 11.5 Å². The molecule has 44 heavy (non-hydrogen) atoms. The fourth-order valence-electron chi connectivity index (χ4n) is 5.95. The lowest BCUT2D eigenvalue weighted by molar-refractivity contribution is 0.436. The normalized spacial score (nSPS) is 19.4. The van der Waals surface area contributed by atoms with Crippen LogP contribution in [0.25, 0.3) is 44.5 Å². The maximum Gasteiger partial charge on any atom is 0.132 e. The molecule has 1 nitrogen and oxygen atoms in total. The van der Waals surface area contributed by atoms with E-state index in [-0.39, 0.29) is 5.56 Å². The van der Waals surface area contributed by atoms with Crippen molar-refractivity contribution < 1.29 is 30.8 Å². The van der Waals surface area contributed by atoms with Gasteiger partial charge in [0.15, 0.2) is 0 Å². The van der Waals surface area contributed by atoms with Gasteiger partial charge in [0.2, 0.25) is 0 Å². The van der Waals surface area contributed by atoms with Gasteiger partial charge in [0.25, 0.3) is 0 Å². The molecule has 1 heterocycles. The number of hydrogen-bond donors (Lipinski definition) is 0. The number of benzene rings is 7. The summed E-state index contributed by atoms with van der Waals surface area (Å²) in [5.41, 5.74) is -5.27. The summed E-state index contributed by atoms with van der Waals surface area (Å²) in [6.45, 7) is 0. The number of para-hydroxylation sites is 1. The van der Waals surface area contributed by atoms with Crippen LogP contribution in [-0.4, -0.2) is 0 Å². The highest BCUT2D eigenvalue weighted by Crippen LogP contribution is 2.62. The van der Waals surface area contributed by atoms with Gasteiger partial charge in [-0.3, -0.25) is 0 Å².